The molecule has 0 saturated heterocycles. The van der Waals surface area contributed by atoms with Crippen LogP contribution in [0.5, 0.6) is 0 Å². The number of benzene rings is 1. The summed E-state index contributed by atoms with van der Waals surface area (Å²) >= 11 is 0. The third kappa shape index (κ3) is 3.25. The quantitative estimate of drug-likeness (QED) is 0.805. The number of rotatable bonds is 3. The van der Waals surface area contributed by atoms with E-state index in [2.05, 4.69) is 5.32 Å². The molecule has 1 amide bonds. The molecule has 1 aromatic rings. The zero-order valence-electron chi connectivity index (χ0n) is 11.0. The first kappa shape index (κ1) is 12.9. The zero-order valence-corrected chi connectivity index (χ0v) is 11.0. The van der Waals surface area contributed by atoms with Gasteiger partial charge in [-0.15, -0.1) is 0 Å². The Labute approximate surface area is 109 Å². The fourth-order valence-electron chi connectivity index (χ4n) is 2.56. The summed E-state index contributed by atoms with van der Waals surface area (Å²) in [6.45, 7) is 2.02. The molecular formula is C15H22N2O. The summed E-state index contributed by atoms with van der Waals surface area (Å²) in [6.07, 6.45) is 5.74. The lowest BCUT2D eigenvalue weighted by molar-refractivity contribution is -0.126. The molecule has 1 atom stereocenters. The summed E-state index contributed by atoms with van der Waals surface area (Å²) in [7, 11) is 0. The van der Waals surface area contributed by atoms with Gasteiger partial charge in [-0.1, -0.05) is 31.4 Å². The van der Waals surface area contributed by atoms with Crippen molar-refractivity contribution in [2.75, 3.05) is 5.73 Å². The molecule has 0 aromatic heterocycles. The number of amides is 1. The number of anilines is 1. The van der Waals surface area contributed by atoms with E-state index in [0.717, 1.165) is 24.1 Å². The van der Waals surface area contributed by atoms with Gasteiger partial charge in [0.25, 0.3) is 0 Å². The highest BCUT2D eigenvalue weighted by molar-refractivity contribution is 5.79. The SMILES string of the molecule is C[C@@H](NC(=O)C1CCCCC1)c1ccc(N)cc1. The van der Waals surface area contributed by atoms with Crippen molar-refractivity contribution >= 4 is 11.6 Å². The molecule has 0 unspecified atom stereocenters. The molecule has 98 valence electrons. The minimum absolute atomic E-state index is 0.0556. The van der Waals surface area contributed by atoms with Gasteiger partial charge in [-0.3, -0.25) is 4.79 Å². The molecule has 1 fully saturated rings. The van der Waals surface area contributed by atoms with Crippen LogP contribution in [0.4, 0.5) is 5.69 Å². The second kappa shape index (κ2) is 5.89. The summed E-state index contributed by atoms with van der Waals surface area (Å²) in [4.78, 5) is 12.1. The molecule has 1 aliphatic rings. The Balaban J connectivity index is 1.91. The van der Waals surface area contributed by atoms with Crippen LogP contribution in [0.3, 0.4) is 0 Å². The zero-order chi connectivity index (χ0) is 13.0. The number of hydrogen-bond acceptors (Lipinski definition) is 2. The first-order valence-electron chi connectivity index (χ1n) is 6.82. The Morgan fingerprint density at radius 1 is 1.22 bits per heavy atom. The van der Waals surface area contributed by atoms with E-state index < -0.39 is 0 Å². The average molecular weight is 246 g/mol. The van der Waals surface area contributed by atoms with Crippen LogP contribution in [0.1, 0.15) is 50.6 Å². The first-order chi connectivity index (χ1) is 8.66. The minimum Gasteiger partial charge on any atom is -0.399 e. The largest absolute Gasteiger partial charge is 0.399 e. The fraction of sp³-hybridized carbons (Fsp3) is 0.533. The topological polar surface area (TPSA) is 55.1 Å². The number of nitrogens with one attached hydrogen (secondary N) is 1. The number of carbonyl (C=O) groups excluding carboxylic acids is 1. The predicted octanol–water partition coefficient (Wildman–Crippen LogP) is 3.03. The lowest BCUT2D eigenvalue weighted by atomic mass is 9.88. The highest BCUT2D eigenvalue weighted by Gasteiger charge is 2.22. The summed E-state index contributed by atoms with van der Waals surface area (Å²) in [5, 5.41) is 3.11. The van der Waals surface area contributed by atoms with Crippen LogP contribution in [0.25, 0.3) is 0 Å². The third-order valence-electron chi connectivity index (χ3n) is 3.77. The maximum absolute atomic E-state index is 12.1. The molecule has 0 spiro atoms. The van der Waals surface area contributed by atoms with Gasteiger partial charge in [-0.25, -0.2) is 0 Å². The minimum atomic E-state index is 0.0556. The molecule has 0 radical (unpaired) electrons. The van der Waals surface area contributed by atoms with Crippen molar-refractivity contribution in [1.29, 1.82) is 0 Å². The summed E-state index contributed by atoms with van der Waals surface area (Å²) < 4.78 is 0. The Bertz CT molecular complexity index is 393. The van der Waals surface area contributed by atoms with Crippen molar-refractivity contribution in [1.82, 2.24) is 5.32 Å². The Hall–Kier alpha value is -1.51. The van der Waals surface area contributed by atoms with Gasteiger partial charge in [0.05, 0.1) is 6.04 Å². The Morgan fingerprint density at radius 3 is 2.44 bits per heavy atom. The molecule has 0 aliphatic heterocycles. The van der Waals surface area contributed by atoms with Crippen LogP contribution < -0.4 is 11.1 Å². The molecule has 3 nitrogen and oxygen atoms in total. The van der Waals surface area contributed by atoms with Crippen molar-refractivity contribution in [3.63, 3.8) is 0 Å². The van der Waals surface area contributed by atoms with E-state index in [1.165, 1.54) is 19.3 Å². The van der Waals surface area contributed by atoms with Gasteiger partial charge in [0.2, 0.25) is 5.91 Å². The number of nitrogens with two attached hydrogens (primary N) is 1. The van der Waals surface area contributed by atoms with Crippen LogP contribution in [-0.2, 0) is 4.79 Å². The molecule has 1 saturated carbocycles. The molecule has 18 heavy (non-hydrogen) atoms. The first-order valence-corrected chi connectivity index (χ1v) is 6.82. The highest BCUT2D eigenvalue weighted by atomic mass is 16.1. The molecular weight excluding hydrogens is 224 g/mol. The number of nitrogen functional groups attached to an aromatic ring is 1. The summed E-state index contributed by atoms with van der Waals surface area (Å²) in [5.74, 6) is 0.425. The lowest BCUT2D eigenvalue weighted by Gasteiger charge is -2.23. The normalized spacial score (nSPS) is 18.3. The van der Waals surface area contributed by atoms with Crippen LogP contribution in [0.2, 0.25) is 0 Å². The van der Waals surface area contributed by atoms with E-state index in [9.17, 15) is 4.79 Å². The lowest BCUT2D eigenvalue weighted by Crippen LogP contribution is -2.33. The maximum Gasteiger partial charge on any atom is 0.223 e. The van der Waals surface area contributed by atoms with Crippen molar-refractivity contribution in [2.45, 2.75) is 45.1 Å². The van der Waals surface area contributed by atoms with Crippen molar-refractivity contribution < 1.29 is 4.79 Å². The van der Waals surface area contributed by atoms with Gasteiger partial charge in [0.1, 0.15) is 0 Å². The van der Waals surface area contributed by atoms with E-state index in [4.69, 9.17) is 5.73 Å². The third-order valence-corrected chi connectivity index (χ3v) is 3.77. The van der Waals surface area contributed by atoms with Crippen molar-refractivity contribution in [3.8, 4) is 0 Å². The molecule has 0 bridgehead atoms. The van der Waals surface area contributed by atoms with Gasteiger partial charge in [0, 0.05) is 11.6 Å². The van der Waals surface area contributed by atoms with Crippen LogP contribution in [0, 0.1) is 5.92 Å². The van der Waals surface area contributed by atoms with Crippen LogP contribution in [0.15, 0.2) is 24.3 Å². The molecule has 0 heterocycles. The highest BCUT2D eigenvalue weighted by Crippen LogP contribution is 2.24. The van der Waals surface area contributed by atoms with E-state index in [0.29, 0.717) is 0 Å². The molecule has 2 rings (SSSR count). The van der Waals surface area contributed by atoms with Crippen LogP contribution in [-0.4, -0.2) is 5.91 Å². The van der Waals surface area contributed by atoms with E-state index in [1.807, 2.05) is 31.2 Å². The average Bonchev–Trinajstić information content (AvgIpc) is 2.40. The predicted molar refractivity (Wildman–Crippen MR) is 74.0 cm³/mol. The smallest absolute Gasteiger partial charge is 0.223 e. The second-order valence-electron chi connectivity index (χ2n) is 5.23. The van der Waals surface area contributed by atoms with Crippen LogP contribution >= 0.6 is 0 Å². The van der Waals surface area contributed by atoms with Gasteiger partial charge < -0.3 is 11.1 Å². The standard InChI is InChI=1S/C15H22N2O/c1-11(12-7-9-14(16)10-8-12)17-15(18)13-5-3-2-4-6-13/h7-11,13H,2-6,16H2,1H3,(H,17,18)/t11-/m1/s1. The molecule has 1 aromatic carbocycles. The van der Waals surface area contributed by atoms with E-state index in [1.54, 1.807) is 0 Å². The summed E-state index contributed by atoms with van der Waals surface area (Å²) in [6, 6.07) is 7.75. The van der Waals surface area contributed by atoms with Gasteiger partial charge in [0.15, 0.2) is 0 Å². The molecule has 1 aliphatic carbocycles. The Morgan fingerprint density at radius 2 is 1.83 bits per heavy atom. The van der Waals surface area contributed by atoms with Crippen molar-refractivity contribution in [2.24, 2.45) is 5.92 Å². The monoisotopic (exact) mass is 246 g/mol. The number of carbonyl (C=O) groups is 1. The summed E-state index contributed by atoms with van der Waals surface area (Å²) in [5.41, 5.74) is 7.52. The van der Waals surface area contributed by atoms with Gasteiger partial charge >= 0.3 is 0 Å². The maximum atomic E-state index is 12.1. The van der Waals surface area contributed by atoms with Crippen molar-refractivity contribution in [3.05, 3.63) is 29.8 Å². The van der Waals surface area contributed by atoms with Gasteiger partial charge in [-0.05, 0) is 37.5 Å². The molecule has 3 heteroatoms. The van der Waals surface area contributed by atoms with E-state index in [-0.39, 0.29) is 17.9 Å². The molecule has 3 N–H and O–H groups in total. The van der Waals surface area contributed by atoms with E-state index >= 15 is 0 Å². The Kier molecular flexibility index (Phi) is 4.24. The number of hydrogen-bond donors (Lipinski definition) is 2. The fourth-order valence-corrected chi connectivity index (χ4v) is 2.56. The van der Waals surface area contributed by atoms with Gasteiger partial charge in [-0.2, -0.15) is 0 Å². The second-order valence-corrected chi connectivity index (χ2v) is 5.23.